The number of amides is 1. The summed E-state index contributed by atoms with van der Waals surface area (Å²) in [5.41, 5.74) is 11.2. The summed E-state index contributed by atoms with van der Waals surface area (Å²) in [4.78, 5) is 21.4. The zero-order valence-corrected chi connectivity index (χ0v) is 22.5. The molecule has 9 heteroatoms. The normalized spacial score (nSPS) is 18.7. The fourth-order valence-electron chi connectivity index (χ4n) is 4.56. The molecule has 188 valence electrons. The third-order valence-corrected chi connectivity index (χ3v) is 7.15. The first-order valence-electron chi connectivity index (χ1n) is 12.2. The van der Waals surface area contributed by atoms with E-state index in [-0.39, 0.29) is 6.09 Å². The van der Waals surface area contributed by atoms with Crippen LogP contribution in [-0.2, 0) is 11.2 Å². The number of anilines is 2. The highest BCUT2D eigenvalue weighted by Gasteiger charge is 2.28. The van der Waals surface area contributed by atoms with Crippen molar-refractivity contribution in [1.82, 2.24) is 19.5 Å². The van der Waals surface area contributed by atoms with Crippen LogP contribution in [0.1, 0.15) is 43.9 Å². The molecule has 8 nitrogen and oxygen atoms in total. The molecule has 1 aliphatic heterocycles. The summed E-state index contributed by atoms with van der Waals surface area (Å²) in [7, 11) is 0. The summed E-state index contributed by atoms with van der Waals surface area (Å²) in [5, 5.41) is 4.56. The molecule has 1 aromatic carbocycles. The van der Waals surface area contributed by atoms with Crippen molar-refractivity contribution in [2.24, 2.45) is 0 Å². The average molecular weight is 551 g/mol. The van der Waals surface area contributed by atoms with Crippen LogP contribution in [0.25, 0.3) is 17.3 Å². The smallest absolute Gasteiger partial charge is 0.410 e. The molecule has 2 aromatic heterocycles. The van der Waals surface area contributed by atoms with Gasteiger partial charge in [0.15, 0.2) is 5.65 Å². The van der Waals surface area contributed by atoms with Gasteiger partial charge >= 0.3 is 6.09 Å². The van der Waals surface area contributed by atoms with Crippen molar-refractivity contribution in [3.8, 4) is 0 Å². The van der Waals surface area contributed by atoms with Gasteiger partial charge in [-0.25, -0.2) is 9.78 Å². The van der Waals surface area contributed by atoms with Crippen molar-refractivity contribution in [1.29, 1.82) is 0 Å². The molecule has 1 amide bonds. The van der Waals surface area contributed by atoms with Gasteiger partial charge in [0.2, 0.25) is 0 Å². The number of rotatable bonds is 2. The second-order valence-electron chi connectivity index (χ2n) is 10.1. The van der Waals surface area contributed by atoms with E-state index < -0.39 is 5.60 Å². The van der Waals surface area contributed by atoms with Gasteiger partial charge < -0.3 is 20.3 Å². The number of halogens is 1. The molecule has 2 aliphatic rings. The van der Waals surface area contributed by atoms with E-state index >= 15 is 0 Å². The summed E-state index contributed by atoms with van der Waals surface area (Å²) in [6, 6.07) is 8.48. The van der Waals surface area contributed by atoms with Gasteiger partial charge in [-0.1, -0.05) is 36.4 Å². The van der Waals surface area contributed by atoms with Crippen LogP contribution < -0.4 is 10.6 Å². The van der Waals surface area contributed by atoms with E-state index in [9.17, 15) is 4.79 Å². The molecular formula is C27H31BrN6O2. The van der Waals surface area contributed by atoms with E-state index in [0.717, 1.165) is 29.8 Å². The monoisotopic (exact) mass is 550 g/mol. The molecule has 2 N–H and O–H groups in total. The molecule has 3 aromatic rings. The van der Waals surface area contributed by atoms with Gasteiger partial charge in [0, 0.05) is 31.7 Å². The summed E-state index contributed by atoms with van der Waals surface area (Å²) in [6.45, 7) is 7.98. The molecular weight excluding hydrogens is 520 g/mol. The van der Waals surface area contributed by atoms with Crippen molar-refractivity contribution in [2.45, 2.75) is 39.2 Å². The van der Waals surface area contributed by atoms with E-state index in [1.807, 2.05) is 27.0 Å². The van der Waals surface area contributed by atoms with Crippen molar-refractivity contribution >= 4 is 51.0 Å². The number of nitrogens with zero attached hydrogens (tertiary/aromatic N) is 5. The topological polar surface area (TPSA) is 89.0 Å². The van der Waals surface area contributed by atoms with Crippen LogP contribution in [0.2, 0.25) is 0 Å². The molecule has 36 heavy (non-hydrogen) atoms. The number of carbonyl (C=O) groups is 1. The number of hydrogen-bond acceptors (Lipinski definition) is 6. The van der Waals surface area contributed by atoms with Crippen molar-refractivity contribution in [3.63, 3.8) is 0 Å². The Balaban J connectivity index is 1.47. The van der Waals surface area contributed by atoms with Crippen LogP contribution in [0.4, 0.5) is 16.4 Å². The molecule has 1 aliphatic carbocycles. The first-order chi connectivity index (χ1) is 17.2. The Labute approximate surface area is 219 Å². The summed E-state index contributed by atoms with van der Waals surface area (Å²) in [5.74, 6) is 1.24. The minimum Gasteiger partial charge on any atom is -0.444 e. The number of carbonyl (C=O) groups excluding carboxylic acids is 1. The van der Waals surface area contributed by atoms with Gasteiger partial charge in [0.25, 0.3) is 0 Å². The number of nitrogen functional groups attached to an aromatic ring is 1. The van der Waals surface area contributed by atoms with Gasteiger partial charge in [-0.3, -0.25) is 0 Å². The number of ether oxygens (including phenoxy) is 1. The number of fused-ring (bicyclic) bond motifs is 2. The number of hydrogen-bond donors (Lipinski definition) is 1. The largest absolute Gasteiger partial charge is 0.444 e. The number of allylic oxidation sites excluding steroid dienone is 3. The van der Waals surface area contributed by atoms with Crippen LogP contribution in [0.15, 0.2) is 47.1 Å². The number of nitrogens with two attached hydrogens (primary N) is 1. The molecule has 5 rings (SSSR count). The first kappa shape index (κ1) is 24.4. The fourth-order valence-corrected chi connectivity index (χ4v) is 5.07. The third-order valence-electron chi connectivity index (χ3n) is 6.39. The lowest BCUT2D eigenvalue weighted by molar-refractivity contribution is 0.0240. The average Bonchev–Trinajstić information content (AvgIpc) is 3.25. The number of aryl methyl sites for hydroxylation is 1. The molecule has 0 bridgehead atoms. The van der Waals surface area contributed by atoms with E-state index in [1.165, 1.54) is 11.1 Å². The standard InChI is InChI=1S/C27H31BrN6O2/c1-27(2,3)36-26(35)33-14-12-32(13-15-33)25-22(28)23(29)34-24(31-25)21(17-30-34)20-11-7-5-9-18-8-4-6-10-19(18)16-20/h4,6-8,10-11,16-17H,5,9,12-15,29H2,1-3H3/b11-7-,20-16+. The highest BCUT2D eigenvalue weighted by molar-refractivity contribution is 9.10. The van der Waals surface area contributed by atoms with Crippen LogP contribution >= 0.6 is 15.9 Å². The van der Waals surface area contributed by atoms with Gasteiger partial charge in [0.05, 0.1) is 6.20 Å². The zero-order valence-electron chi connectivity index (χ0n) is 20.9. The number of benzene rings is 1. The molecule has 3 heterocycles. The second-order valence-corrected chi connectivity index (χ2v) is 10.9. The maximum Gasteiger partial charge on any atom is 0.410 e. The SMILES string of the molecule is CC(C)(C)OC(=O)N1CCN(c2nc3c(C4=C/c5ccccc5CC/C=C\4)cnn3c(N)c2Br)CC1. The number of aromatic nitrogens is 3. The fraction of sp³-hybridized carbons (Fsp3) is 0.370. The summed E-state index contributed by atoms with van der Waals surface area (Å²) in [6.07, 6.45) is 10.1. The predicted molar refractivity (Wildman–Crippen MR) is 147 cm³/mol. The predicted octanol–water partition coefficient (Wildman–Crippen LogP) is 5.17. The van der Waals surface area contributed by atoms with Crippen LogP contribution in [-0.4, -0.2) is 57.4 Å². The van der Waals surface area contributed by atoms with E-state index in [4.69, 9.17) is 15.5 Å². The Morgan fingerprint density at radius 3 is 2.64 bits per heavy atom. The lowest BCUT2D eigenvalue weighted by Crippen LogP contribution is -2.50. The van der Waals surface area contributed by atoms with Gasteiger partial charge in [0.1, 0.15) is 21.7 Å². The second kappa shape index (κ2) is 9.61. The van der Waals surface area contributed by atoms with Crippen molar-refractivity contribution in [3.05, 3.63) is 63.8 Å². The molecule has 0 atom stereocenters. The Bertz CT molecular complexity index is 1360. The lowest BCUT2D eigenvalue weighted by atomic mass is 9.95. The van der Waals surface area contributed by atoms with E-state index in [1.54, 1.807) is 9.42 Å². The molecule has 0 radical (unpaired) electrons. The molecule has 0 saturated carbocycles. The minimum atomic E-state index is -0.517. The van der Waals surface area contributed by atoms with Gasteiger partial charge in [-0.2, -0.15) is 9.61 Å². The Hall–Kier alpha value is -3.33. The highest BCUT2D eigenvalue weighted by atomic mass is 79.9. The Morgan fingerprint density at radius 1 is 1.14 bits per heavy atom. The third kappa shape index (κ3) is 4.84. The van der Waals surface area contributed by atoms with Crippen LogP contribution in [0.3, 0.4) is 0 Å². The first-order valence-corrected chi connectivity index (χ1v) is 13.0. The quantitative estimate of drug-likeness (QED) is 0.473. The number of piperazine rings is 1. The zero-order chi connectivity index (χ0) is 25.4. The van der Waals surface area contributed by atoms with E-state index in [0.29, 0.717) is 42.1 Å². The molecule has 0 unspecified atom stereocenters. The Morgan fingerprint density at radius 2 is 1.89 bits per heavy atom. The van der Waals surface area contributed by atoms with Gasteiger partial charge in [-0.05, 0) is 72.3 Å². The molecule has 1 saturated heterocycles. The van der Waals surface area contributed by atoms with E-state index in [2.05, 4.69) is 68.4 Å². The lowest BCUT2D eigenvalue weighted by Gasteiger charge is -2.36. The molecule has 0 spiro atoms. The maximum absolute atomic E-state index is 12.5. The maximum atomic E-state index is 12.5. The molecule has 1 fully saturated rings. The van der Waals surface area contributed by atoms with Crippen LogP contribution in [0, 0.1) is 0 Å². The van der Waals surface area contributed by atoms with Crippen molar-refractivity contribution in [2.75, 3.05) is 36.8 Å². The minimum absolute atomic E-state index is 0.287. The van der Waals surface area contributed by atoms with Crippen LogP contribution in [0.5, 0.6) is 0 Å². The van der Waals surface area contributed by atoms with Crippen molar-refractivity contribution < 1.29 is 9.53 Å². The Kier molecular flexibility index (Phi) is 6.51. The summed E-state index contributed by atoms with van der Waals surface area (Å²) >= 11 is 3.65. The highest BCUT2D eigenvalue weighted by Crippen LogP contribution is 2.35. The summed E-state index contributed by atoms with van der Waals surface area (Å²) < 4.78 is 7.91. The van der Waals surface area contributed by atoms with Gasteiger partial charge in [-0.15, -0.1) is 0 Å².